The summed E-state index contributed by atoms with van der Waals surface area (Å²) in [6.45, 7) is 1.59. The number of hydrogen-bond donors (Lipinski definition) is 1. The summed E-state index contributed by atoms with van der Waals surface area (Å²) in [5.74, 6) is -1.89. The van der Waals surface area contributed by atoms with Crippen molar-refractivity contribution >= 4 is 27.8 Å². The lowest BCUT2D eigenvalue weighted by molar-refractivity contribution is -0.394. The van der Waals surface area contributed by atoms with Gasteiger partial charge in [0.15, 0.2) is 5.82 Å². The fraction of sp³-hybridized carbons (Fsp3) is 0.111. The molecule has 0 spiro atoms. The number of aromatic nitrogens is 4. The van der Waals surface area contributed by atoms with Gasteiger partial charge in [-0.05, 0) is 28.5 Å². The third-order valence-corrected chi connectivity index (χ3v) is 2.79. The maximum atomic E-state index is 11.2. The van der Waals surface area contributed by atoms with Crippen LogP contribution in [-0.2, 0) is 0 Å². The second-order valence-corrected chi connectivity index (χ2v) is 4.19. The molecular formula is C9H6BrN5O4. The summed E-state index contributed by atoms with van der Waals surface area (Å²) in [7, 11) is 0. The quantitative estimate of drug-likeness (QED) is 0.666. The van der Waals surface area contributed by atoms with Gasteiger partial charge in [0, 0.05) is 27.2 Å². The van der Waals surface area contributed by atoms with Crippen LogP contribution in [0.2, 0.25) is 0 Å². The van der Waals surface area contributed by atoms with E-state index < -0.39 is 16.8 Å². The highest BCUT2D eigenvalue weighted by atomic mass is 79.9. The summed E-state index contributed by atoms with van der Waals surface area (Å²) in [4.78, 5) is 28.5. The first kappa shape index (κ1) is 13.1. The number of rotatable bonds is 3. The number of hydrogen-bond acceptors (Lipinski definition) is 6. The number of halogens is 1. The van der Waals surface area contributed by atoms with Gasteiger partial charge >= 0.3 is 11.9 Å². The molecule has 0 radical (unpaired) electrons. The minimum Gasteiger partial charge on any atom is -0.478 e. The highest BCUT2D eigenvalue weighted by molar-refractivity contribution is 9.10. The van der Waals surface area contributed by atoms with Crippen molar-refractivity contribution in [3.05, 3.63) is 38.2 Å². The molecule has 1 N–H and O–H groups in total. The van der Waals surface area contributed by atoms with Gasteiger partial charge in [0.25, 0.3) is 4.73 Å². The molecule has 0 saturated carbocycles. The van der Waals surface area contributed by atoms with Crippen LogP contribution in [0, 0.1) is 17.0 Å². The maximum absolute atomic E-state index is 11.2. The van der Waals surface area contributed by atoms with Crippen LogP contribution >= 0.6 is 15.9 Å². The Bertz CT molecular complexity index is 683. The van der Waals surface area contributed by atoms with Crippen LogP contribution in [0.1, 0.15) is 15.9 Å². The first-order valence-electron chi connectivity index (χ1n) is 4.88. The lowest BCUT2D eigenvalue weighted by Crippen LogP contribution is -2.11. The van der Waals surface area contributed by atoms with Crippen molar-refractivity contribution in [2.45, 2.75) is 6.92 Å². The van der Waals surface area contributed by atoms with Crippen molar-refractivity contribution in [1.82, 2.24) is 19.7 Å². The molecule has 19 heavy (non-hydrogen) atoms. The molecule has 0 bridgehead atoms. The average Bonchev–Trinajstić information content (AvgIpc) is 2.70. The van der Waals surface area contributed by atoms with E-state index in [2.05, 4.69) is 31.0 Å². The van der Waals surface area contributed by atoms with Crippen LogP contribution in [-0.4, -0.2) is 35.7 Å². The molecule has 2 rings (SSSR count). The van der Waals surface area contributed by atoms with E-state index in [9.17, 15) is 14.9 Å². The van der Waals surface area contributed by atoms with Crippen LogP contribution in [0.5, 0.6) is 0 Å². The number of carboxylic acid groups (broad SMARTS) is 1. The largest absolute Gasteiger partial charge is 0.492 e. The van der Waals surface area contributed by atoms with E-state index in [1.165, 1.54) is 12.3 Å². The molecule has 10 heteroatoms. The van der Waals surface area contributed by atoms with E-state index in [-0.39, 0.29) is 16.1 Å². The van der Waals surface area contributed by atoms with Crippen molar-refractivity contribution in [3.8, 4) is 5.82 Å². The van der Waals surface area contributed by atoms with Gasteiger partial charge in [-0.1, -0.05) is 0 Å². The summed E-state index contributed by atoms with van der Waals surface area (Å²) < 4.78 is 0.967. The Morgan fingerprint density at radius 2 is 2.26 bits per heavy atom. The first-order chi connectivity index (χ1) is 8.91. The number of carbonyl (C=O) groups is 1. The lowest BCUT2D eigenvalue weighted by Gasteiger charge is -2.04. The molecule has 0 aliphatic rings. The predicted molar refractivity (Wildman–Crippen MR) is 65.2 cm³/mol. The van der Waals surface area contributed by atoms with Crippen LogP contribution in [0.3, 0.4) is 0 Å². The molecule has 2 aromatic heterocycles. The molecule has 98 valence electrons. The average molecular weight is 328 g/mol. The number of aryl methyl sites for hydroxylation is 1. The van der Waals surface area contributed by atoms with Gasteiger partial charge in [-0.15, -0.1) is 4.68 Å². The Hall–Kier alpha value is -2.36. The molecule has 2 aromatic rings. The number of pyridine rings is 1. The third kappa shape index (κ3) is 2.29. The second kappa shape index (κ2) is 4.72. The molecule has 0 saturated heterocycles. The van der Waals surface area contributed by atoms with Crippen LogP contribution in [0.4, 0.5) is 5.95 Å². The first-order valence-corrected chi connectivity index (χ1v) is 5.67. The second-order valence-electron chi connectivity index (χ2n) is 3.48. The van der Waals surface area contributed by atoms with Gasteiger partial charge in [0.1, 0.15) is 5.56 Å². The number of carboxylic acids is 1. The third-order valence-electron chi connectivity index (χ3n) is 2.27. The fourth-order valence-electron chi connectivity index (χ4n) is 1.46. The Labute approximate surface area is 114 Å². The molecule has 0 aliphatic heterocycles. The smallest absolute Gasteiger partial charge is 0.478 e. The van der Waals surface area contributed by atoms with E-state index in [0.717, 1.165) is 4.68 Å². The zero-order valence-corrected chi connectivity index (χ0v) is 11.0. The van der Waals surface area contributed by atoms with Crippen molar-refractivity contribution in [1.29, 1.82) is 0 Å². The molecule has 0 unspecified atom stereocenters. The van der Waals surface area contributed by atoms with Crippen LogP contribution in [0.15, 0.2) is 17.0 Å². The molecule has 0 atom stereocenters. The van der Waals surface area contributed by atoms with E-state index in [0.29, 0.717) is 5.56 Å². The zero-order chi connectivity index (χ0) is 14.2. The normalized spacial score (nSPS) is 10.4. The van der Waals surface area contributed by atoms with Gasteiger partial charge < -0.3 is 15.2 Å². The number of nitrogens with zero attached hydrogens (tertiary/aromatic N) is 5. The van der Waals surface area contributed by atoms with Crippen LogP contribution < -0.4 is 0 Å². The van der Waals surface area contributed by atoms with E-state index in [4.69, 9.17) is 5.11 Å². The maximum Gasteiger partial charge on any atom is 0.492 e. The summed E-state index contributed by atoms with van der Waals surface area (Å²) in [5.41, 5.74) is 0.366. The van der Waals surface area contributed by atoms with E-state index in [1.54, 1.807) is 6.92 Å². The Kier molecular flexibility index (Phi) is 3.25. The number of nitro groups is 1. The summed E-state index contributed by atoms with van der Waals surface area (Å²) >= 11 is 2.98. The Balaban J connectivity index is 2.69. The summed E-state index contributed by atoms with van der Waals surface area (Å²) in [6, 6.07) is 1.52. The number of aromatic carboxylic acids is 1. The molecule has 2 heterocycles. The lowest BCUT2D eigenvalue weighted by atomic mass is 10.1. The Morgan fingerprint density at radius 1 is 1.58 bits per heavy atom. The molecule has 0 amide bonds. The molecule has 0 aliphatic carbocycles. The van der Waals surface area contributed by atoms with Gasteiger partial charge in [-0.25, -0.2) is 9.78 Å². The topological polar surface area (TPSA) is 124 Å². The standard InChI is InChI=1S/C9H6BrN5O4/c1-4-2-3-11-6(5(4)7(16)17)14-8(10)12-9(13-14)15(18)19/h2-3H,1H3,(H,16,17). The van der Waals surface area contributed by atoms with Gasteiger partial charge in [-0.3, -0.25) is 0 Å². The van der Waals surface area contributed by atoms with Crippen molar-refractivity contribution in [2.75, 3.05) is 0 Å². The van der Waals surface area contributed by atoms with E-state index >= 15 is 0 Å². The fourth-order valence-corrected chi connectivity index (χ4v) is 1.87. The highest BCUT2D eigenvalue weighted by Gasteiger charge is 2.26. The van der Waals surface area contributed by atoms with Crippen molar-refractivity contribution in [3.63, 3.8) is 0 Å². The highest BCUT2D eigenvalue weighted by Crippen LogP contribution is 2.21. The monoisotopic (exact) mass is 327 g/mol. The predicted octanol–water partition coefficient (Wildman–Crippen LogP) is 1.34. The van der Waals surface area contributed by atoms with Crippen molar-refractivity contribution < 1.29 is 14.8 Å². The molecule has 0 aromatic carbocycles. The summed E-state index contributed by atoms with van der Waals surface area (Å²) in [6.07, 6.45) is 1.39. The Morgan fingerprint density at radius 3 is 2.79 bits per heavy atom. The zero-order valence-electron chi connectivity index (χ0n) is 9.44. The van der Waals surface area contributed by atoms with Gasteiger partial charge in [0.2, 0.25) is 0 Å². The minimum atomic E-state index is -1.20. The van der Waals surface area contributed by atoms with Gasteiger partial charge in [-0.2, -0.15) is 0 Å². The minimum absolute atomic E-state index is 0.000185. The van der Waals surface area contributed by atoms with Gasteiger partial charge in [0.05, 0.1) is 0 Å². The summed E-state index contributed by atoms with van der Waals surface area (Å²) in [5, 5.41) is 23.4. The van der Waals surface area contributed by atoms with Crippen LogP contribution in [0.25, 0.3) is 5.82 Å². The SMILES string of the molecule is Cc1ccnc(-n2nc([N+](=O)[O-])nc2Br)c1C(=O)O. The molecule has 9 nitrogen and oxygen atoms in total. The van der Waals surface area contributed by atoms with E-state index in [1.807, 2.05) is 0 Å². The molecule has 0 fully saturated rings. The van der Waals surface area contributed by atoms with Crippen molar-refractivity contribution in [2.24, 2.45) is 0 Å². The molecular weight excluding hydrogens is 322 g/mol.